The van der Waals surface area contributed by atoms with Crippen LogP contribution >= 0.6 is 0 Å². The molecule has 0 aliphatic heterocycles. The van der Waals surface area contributed by atoms with Gasteiger partial charge in [-0.1, -0.05) is 30.3 Å². The summed E-state index contributed by atoms with van der Waals surface area (Å²) in [6, 6.07) is 8.86. The van der Waals surface area contributed by atoms with Crippen molar-refractivity contribution in [1.82, 2.24) is 9.78 Å². The van der Waals surface area contributed by atoms with E-state index in [4.69, 9.17) is 10.5 Å². The molecule has 2 aromatic rings. The molecule has 0 spiro atoms. The normalized spacial score (nSPS) is 10.2. The zero-order valence-corrected chi connectivity index (χ0v) is 11.1. The van der Waals surface area contributed by atoms with Crippen molar-refractivity contribution in [3.63, 3.8) is 0 Å². The van der Waals surface area contributed by atoms with E-state index in [1.165, 1.54) is 10.9 Å². The van der Waals surface area contributed by atoms with Crippen molar-refractivity contribution in [2.45, 2.75) is 13.5 Å². The smallest absolute Gasteiger partial charge is 0.361 e. The van der Waals surface area contributed by atoms with Gasteiger partial charge in [0.15, 0.2) is 11.5 Å². The molecular formula is C14H15N3O3. The zero-order valence-electron chi connectivity index (χ0n) is 11.1. The largest absolute Gasteiger partial charge is 0.461 e. The summed E-state index contributed by atoms with van der Waals surface area (Å²) < 4.78 is 6.18. The summed E-state index contributed by atoms with van der Waals surface area (Å²) in [4.78, 5) is 23.6. The van der Waals surface area contributed by atoms with Crippen LogP contribution in [0.2, 0.25) is 0 Å². The number of nitrogen functional groups attached to an aromatic ring is 1. The molecule has 0 fully saturated rings. The lowest BCUT2D eigenvalue weighted by atomic mass is 10.1. The molecule has 6 heteroatoms. The van der Waals surface area contributed by atoms with E-state index in [9.17, 15) is 9.59 Å². The summed E-state index contributed by atoms with van der Waals surface area (Å²) in [6.45, 7) is 1.96. The van der Waals surface area contributed by atoms with Crippen LogP contribution in [0.15, 0.2) is 36.5 Å². The molecule has 1 aromatic carbocycles. The minimum absolute atomic E-state index is 0.0214. The highest BCUT2D eigenvalue weighted by atomic mass is 16.5. The number of nitrogens with zero attached hydrogens (tertiary/aromatic N) is 2. The van der Waals surface area contributed by atoms with Crippen molar-refractivity contribution < 1.29 is 14.3 Å². The first-order valence-corrected chi connectivity index (χ1v) is 6.20. The fourth-order valence-electron chi connectivity index (χ4n) is 1.74. The van der Waals surface area contributed by atoms with Gasteiger partial charge in [0, 0.05) is 11.8 Å². The Morgan fingerprint density at radius 1 is 1.30 bits per heavy atom. The first-order valence-electron chi connectivity index (χ1n) is 6.20. The van der Waals surface area contributed by atoms with E-state index in [0.717, 1.165) is 0 Å². The van der Waals surface area contributed by atoms with Crippen LogP contribution in [-0.4, -0.2) is 28.1 Å². The number of carbonyl (C=O) groups is 2. The molecule has 0 amide bonds. The fourth-order valence-corrected chi connectivity index (χ4v) is 1.74. The molecule has 104 valence electrons. The van der Waals surface area contributed by atoms with Crippen molar-refractivity contribution in [3.05, 3.63) is 47.8 Å². The number of hydrogen-bond acceptors (Lipinski definition) is 5. The maximum Gasteiger partial charge on any atom is 0.361 e. The minimum atomic E-state index is -0.587. The molecule has 20 heavy (non-hydrogen) atoms. The molecule has 0 unspecified atom stereocenters. The number of rotatable bonds is 5. The molecule has 1 aromatic heterocycles. The van der Waals surface area contributed by atoms with Crippen LogP contribution in [0.1, 0.15) is 27.8 Å². The van der Waals surface area contributed by atoms with Crippen LogP contribution in [0.5, 0.6) is 0 Å². The van der Waals surface area contributed by atoms with E-state index < -0.39 is 5.97 Å². The average Bonchev–Trinajstić information content (AvgIpc) is 2.81. The number of benzene rings is 1. The molecule has 0 aliphatic carbocycles. The maximum absolute atomic E-state index is 12.0. The highest BCUT2D eigenvalue weighted by Crippen LogP contribution is 2.11. The molecule has 0 aliphatic rings. The van der Waals surface area contributed by atoms with Crippen LogP contribution in [0.25, 0.3) is 0 Å². The predicted octanol–water partition coefficient (Wildman–Crippen LogP) is 1.52. The summed E-state index contributed by atoms with van der Waals surface area (Å²) >= 11 is 0. The zero-order chi connectivity index (χ0) is 14.5. The Bertz CT molecular complexity index is 620. The van der Waals surface area contributed by atoms with Gasteiger partial charge in [0.1, 0.15) is 6.54 Å². The standard InChI is InChI=1S/C14H15N3O3/c1-2-20-14(19)13-11(15)8-17(16-13)9-12(18)10-6-4-3-5-7-10/h3-8H,2,9,15H2,1H3. The Balaban J connectivity index is 2.13. The number of Topliss-reactive ketones (excluding diaryl/α,β-unsaturated/α-hetero) is 1. The number of ketones is 1. The Kier molecular flexibility index (Phi) is 4.14. The topological polar surface area (TPSA) is 87.2 Å². The Morgan fingerprint density at radius 3 is 2.65 bits per heavy atom. The molecule has 0 saturated heterocycles. The molecule has 1 heterocycles. The highest BCUT2D eigenvalue weighted by molar-refractivity contribution is 5.96. The van der Waals surface area contributed by atoms with Gasteiger partial charge < -0.3 is 10.5 Å². The molecule has 0 saturated carbocycles. The number of carbonyl (C=O) groups excluding carboxylic acids is 2. The lowest BCUT2D eigenvalue weighted by molar-refractivity contribution is 0.0519. The quantitative estimate of drug-likeness (QED) is 0.659. The monoisotopic (exact) mass is 273 g/mol. The summed E-state index contributed by atoms with van der Waals surface area (Å²) in [5.41, 5.74) is 6.51. The van der Waals surface area contributed by atoms with Crippen molar-refractivity contribution in [1.29, 1.82) is 0 Å². The molecule has 2 rings (SSSR count). The highest BCUT2D eigenvalue weighted by Gasteiger charge is 2.17. The molecule has 0 radical (unpaired) electrons. The van der Waals surface area contributed by atoms with Gasteiger partial charge in [-0.25, -0.2) is 4.79 Å². The summed E-state index contributed by atoms with van der Waals surface area (Å²) in [7, 11) is 0. The third-order valence-corrected chi connectivity index (χ3v) is 2.66. The van der Waals surface area contributed by atoms with Gasteiger partial charge in [0.05, 0.1) is 12.3 Å². The first kappa shape index (κ1) is 13.8. The maximum atomic E-state index is 12.0. The third-order valence-electron chi connectivity index (χ3n) is 2.66. The number of aromatic nitrogens is 2. The SMILES string of the molecule is CCOC(=O)c1nn(CC(=O)c2ccccc2)cc1N. The number of nitrogens with two attached hydrogens (primary N) is 1. The molecule has 0 bridgehead atoms. The molecule has 2 N–H and O–H groups in total. The van der Waals surface area contributed by atoms with Gasteiger partial charge >= 0.3 is 5.97 Å². The van der Waals surface area contributed by atoms with Crippen molar-refractivity contribution in [2.24, 2.45) is 0 Å². The van der Waals surface area contributed by atoms with Gasteiger partial charge in [-0.2, -0.15) is 5.10 Å². The Hall–Kier alpha value is -2.63. The van der Waals surface area contributed by atoms with Crippen LogP contribution < -0.4 is 5.73 Å². The molecule has 6 nitrogen and oxygen atoms in total. The molecule has 0 atom stereocenters. The van der Waals surface area contributed by atoms with E-state index in [1.807, 2.05) is 6.07 Å². The van der Waals surface area contributed by atoms with Gasteiger partial charge in [-0.3, -0.25) is 9.48 Å². The second-order valence-corrected chi connectivity index (χ2v) is 4.14. The van der Waals surface area contributed by atoms with Gasteiger partial charge in [0.2, 0.25) is 0 Å². The average molecular weight is 273 g/mol. The van der Waals surface area contributed by atoms with Gasteiger partial charge in [-0.15, -0.1) is 0 Å². The van der Waals surface area contributed by atoms with Crippen LogP contribution in [0, 0.1) is 0 Å². The molecular weight excluding hydrogens is 258 g/mol. The number of anilines is 1. The van der Waals surface area contributed by atoms with Crippen LogP contribution in [0.4, 0.5) is 5.69 Å². The Labute approximate surface area is 116 Å². The number of esters is 1. The van der Waals surface area contributed by atoms with Crippen LogP contribution in [0.3, 0.4) is 0 Å². The van der Waals surface area contributed by atoms with E-state index in [1.54, 1.807) is 31.2 Å². The predicted molar refractivity (Wildman–Crippen MR) is 73.4 cm³/mol. The van der Waals surface area contributed by atoms with Gasteiger partial charge in [-0.05, 0) is 6.92 Å². The second kappa shape index (κ2) is 6.01. The lowest BCUT2D eigenvalue weighted by Crippen LogP contribution is -2.12. The van der Waals surface area contributed by atoms with E-state index in [0.29, 0.717) is 5.56 Å². The minimum Gasteiger partial charge on any atom is -0.461 e. The Morgan fingerprint density at radius 2 is 2.00 bits per heavy atom. The first-order chi connectivity index (χ1) is 9.61. The second-order valence-electron chi connectivity index (χ2n) is 4.14. The van der Waals surface area contributed by atoms with Crippen molar-refractivity contribution >= 4 is 17.4 Å². The van der Waals surface area contributed by atoms with Crippen LogP contribution in [-0.2, 0) is 11.3 Å². The lowest BCUT2D eigenvalue weighted by Gasteiger charge is -2.01. The summed E-state index contributed by atoms with van der Waals surface area (Å²) in [5.74, 6) is -0.695. The number of hydrogen-bond donors (Lipinski definition) is 1. The van der Waals surface area contributed by atoms with Gasteiger partial charge in [0.25, 0.3) is 0 Å². The number of ether oxygens (including phenoxy) is 1. The van der Waals surface area contributed by atoms with E-state index in [-0.39, 0.29) is 30.3 Å². The fraction of sp³-hybridized carbons (Fsp3) is 0.214. The van der Waals surface area contributed by atoms with Crippen molar-refractivity contribution in [2.75, 3.05) is 12.3 Å². The summed E-state index contributed by atoms with van der Waals surface area (Å²) in [6.07, 6.45) is 1.45. The van der Waals surface area contributed by atoms with Crippen molar-refractivity contribution in [3.8, 4) is 0 Å². The third kappa shape index (κ3) is 3.03. The van der Waals surface area contributed by atoms with E-state index in [2.05, 4.69) is 5.10 Å². The van der Waals surface area contributed by atoms with E-state index >= 15 is 0 Å². The summed E-state index contributed by atoms with van der Waals surface area (Å²) in [5, 5.41) is 3.99.